The Labute approximate surface area is 152 Å². The topological polar surface area (TPSA) is 67.4 Å². The number of anilines is 2. The van der Waals surface area contributed by atoms with Crippen molar-refractivity contribution in [1.29, 1.82) is 0 Å². The Balaban J connectivity index is 1.61. The van der Waals surface area contributed by atoms with Crippen molar-refractivity contribution in [2.45, 2.75) is 0 Å². The van der Waals surface area contributed by atoms with Crippen LogP contribution in [0.5, 0.6) is 11.5 Å². The molecule has 134 valence electrons. The predicted molar refractivity (Wildman–Crippen MR) is 95.2 cm³/mol. The molecule has 0 atom stereocenters. The summed E-state index contributed by atoms with van der Waals surface area (Å²) >= 11 is 0. The second-order valence-electron chi connectivity index (χ2n) is 5.85. The molecule has 27 heavy (non-hydrogen) atoms. The van der Waals surface area contributed by atoms with Gasteiger partial charge in [-0.15, -0.1) is 0 Å². The Hall–Kier alpha value is -3.74. The molecule has 7 heteroatoms. The zero-order valence-electron chi connectivity index (χ0n) is 13.8. The summed E-state index contributed by atoms with van der Waals surface area (Å²) in [6, 6.07) is 14.4. The SMILES string of the molecule is O=C(Nc1ccc2c(c1)C(=O)Nc1ccccc1O2)c1ccc(F)c(F)c1. The number of rotatable bonds is 2. The molecule has 4 rings (SSSR count). The van der Waals surface area contributed by atoms with E-state index >= 15 is 0 Å². The monoisotopic (exact) mass is 366 g/mol. The molecule has 1 heterocycles. The molecular weight excluding hydrogens is 354 g/mol. The standard InChI is InChI=1S/C20H12F2N2O3/c21-14-7-5-11(9-15(14)22)19(25)23-12-6-8-17-13(10-12)20(26)24-16-3-1-2-4-18(16)27-17/h1-10H,(H,23,25)(H,24,26). The van der Waals surface area contributed by atoms with Gasteiger partial charge in [0.05, 0.1) is 11.3 Å². The quantitative estimate of drug-likeness (QED) is 0.698. The van der Waals surface area contributed by atoms with Gasteiger partial charge in [-0.1, -0.05) is 12.1 Å². The van der Waals surface area contributed by atoms with Gasteiger partial charge in [-0.25, -0.2) is 8.78 Å². The van der Waals surface area contributed by atoms with Crippen molar-refractivity contribution in [1.82, 2.24) is 0 Å². The van der Waals surface area contributed by atoms with E-state index in [2.05, 4.69) is 10.6 Å². The van der Waals surface area contributed by atoms with E-state index in [1.807, 2.05) is 0 Å². The van der Waals surface area contributed by atoms with Crippen molar-refractivity contribution in [2.24, 2.45) is 0 Å². The first kappa shape index (κ1) is 16.7. The van der Waals surface area contributed by atoms with Crippen molar-refractivity contribution in [3.05, 3.63) is 83.4 Å². The number of para-hydroxylation sites is 2. The molecule has 0 unspecified atom stereocenters. The zero-order valence-corrected chi connectivity index (χ0v) is 13.8. The summed E-state index contributed by atoms with van der Waals surface area (Å²) in [5, 5.41) is 5.29. The van der Waals surface area contributed by atoms with Crippen LogP contribution in [-0.2, 0) is 0 Å². The smallest absolute Gasteiger partial charge is 0.259 e. The summed E-state index contributed by atoms with van der Waals surface area (Å²) in [5.41, 5.74) is 1.03. The molecule has 0 spiro atoms. The average Bonchev–Trinajstić information content (AvgIpc) is 2.80. The number of ether oxygens (including phenoxy) is 1. The fourth-order valence-corrected chi connectivity index (χ4v) is 2.68. The van der Waals surface area contributed by atoms with Gasteiger partial charge < -0.3 is 15.4 Å². The number of amides is 2. The first-order valence-corrected chi connectivity index (χ1v) is 8.00. The number of benzene rings is 3. The van der Waals surface area contributed by atoms with Crippen molar-refractivity contribution < 1.29 is 23.1 Å². The lowest BCUT2D eigenvalue weighted by molar-refractivity contribution is 0.101. The van der Waals surface area contributed by atoms with E-state index in [-0.39, 0.29) is 17.0 Å². The molecular formula is C20H12F2N2O3. The van der Waals surface area contributed by atoms with Crippen LogP contribution < -0.4 is 15.4 Å². The van der Waals surface area contributed by atoms with Gasteiger partial charge in [0.1, 0.15) is 5.75 Å². The molecule has 3 aromatic rings. The molecule has 0 aliphatic carbocycles. The summed E-state index contributed by atoms with van der Waals surface area (Å²) < 4.78 is 32.1. The van der Waals surface area contributed by atoms with E-state index in [4.69, 9.17) is 4.74 Å². The Morgan fingerprint density at radius 3 is 2.56 bits per heavy atom. The van der Waals surface area contributed by atoms with Gasteiger partial charge in [0.15, 0.2) is 17.4 Å². The first-order valence-electron chi connectivity index (χ1n) is 8.00. The van der Waals surface area contributed by atoms with Crippen molar-refractivity contribution in [3.63, 3.8) is 0 Å². The Kier molecular flexibility index (Phi) is 4.04. The summed E-state index contributed by atoms with van der Waals surface area (Å²) in [6.45, 7) is 0. The molecule has 0 saturated carbocycles. The van der Waals surface area contributed by atoms with Gasteiger partial charge in [0.25, 0.3) is 11.8 Å². The molecule has 2 N–H and O–H groups in total. The molecule has 5 nitrogen and oxygen atoms in total. The number of carbonyl (C=O) groups excluding carboxylic acids is 2. The lowest BCUT2D eigenvalue weighted by Crippen LogP contribution is -2.14. The summed E-state index contributed by atoms with van der Waals surface area (Å²) in [7, 11) is 0. The van der Waals surface area contributed by atoms with E-state index in [1.165, 1.54) is 12.1 Å². The highest BCUT2D eigenvalue weighted by atomic mass is 19.2. The van der Waals surface area contributed by atoms with Gasteiger partial charge in [-0.05, 0) is 48.5 Å². The third kappa shape index (κ3) is 3.22. The van der Waals surface area contributed by atoms with Gasteiger partial charge in [-0.2, -0.15) is 0 Å². The molecule has 0 saturated heterocycles. The van der Waals surface area contributed by atoms with Crippen LogP contribution in [0.15, 0.2) is 60.7 Å². The Morgan fingerprint density at radius 1 is 0.926 bits per heavy atom. The summed E-state index contributed by atoms with van der Waals surface area (Å²) in [6.07, 6.45) is 0. The minimum absolute atomic E-state index is 0.0445. The van der Waals surface area contributed by atoms with Gasteiger partial charge in [0, 0.05) is 11.3 Å². The van der Waals surface area contributed by atoms with Crippen molar-refractivity contribution in [3.8, 4) is 11.5 Å². The maximum Gasteiger partial charge on any atom is 0.259 e. The van der Waals surface area contributed by atoms with E-state index in [1.54, 1.807) is 36.4 Å². The number of carbonyl (C=O) groups is 2. The fourth-order valence-electron chi connectivity index (χ4n) is 2.68. The Morgan fingerprint density at radius 2 is 1.74 bits per heavy atom. The van der Waals surface area contributed by atoms with Crippen molar-refractivity contribution in [2.75, 3.05) is 10.6 Å². The van der Waals surface area contributed by atoms with E-state index in [0.717, 1.165) is 12.1 Å². The lowest BCUT2D eigenvalue weighted by atomic mass is 10.1. The first-order chi connectivity index (χ1) is 13.0. The number of nitrogens with one attached hydrogen (secondary N) is 2. The van der Waals surface area contributed by atoms with Crippen LogP contribution in [0.2, 0.25) is 0 Å². The molecule has 1 aliphatic heterocycles. The van der Waals surface area contributed by atoms with Crippen LogP contribution in [0.4, 0.5) is 20.2 Å². The maximum absolute atomic E-state index is 13.3. The average molecular weight is 366 g/mol. The van der Waals surface area contributed by atoms with Crippen LogP contribution in [-0.4, -0.2) is 11.8 Å². The van der Waals surface area contributed by atoms with Crippen LogP contribution in [0.3, 0.4) is 0 Å². The van der Waals surface area contributed by atoms with Crippen LogP contribution >= 0.6 is 0 Å². The second kappa shape index (κ2) is 6.53. The van der Waals surface area contributed by atoms with E-state index < -0.39 is 17.5 Å². The minimum atomic E-state index is -1.12. The molecule has 2 amide bonds. The predicted octanol–water partition coefficient (Wildman–Crippen LogP) is 4.58. The minimum Gasteiger partial charge on any atom is -0.454 e. The number of hydrogen-bond donors (Lipinski definition) is 2. The third-order valence-corrected chi connectivity index (χ3v) is 4.02. The van der Waals surface area contributed by atoms with Gasteiger partial charge >= 0.3 is 0 Å². The number of fused-ring (bicyclic) bond motifs is 2. The summed E-state index contributed by atoms with van der Waals surface area (Å²) in [4.78, 5) is 24.7. The fraction of sp³-hybridized carbons (Fsp3) is 0. The van der Waals surface area contributed by atoms with E-state index in [9.17, 15) is 18.4 Å². The highest BCUT2D eigenvalue weighted by molar-refractivity contribution is 6.10. The van der Waals surface area contributed by atoms with Crippen molar-refractivity contribution >= 4 is 23.2 Å². The normalized spacial score (nSPS) is 12.1. The second-order valence-corrected chi connectivity index (χ2v) is 5.85. The lowest BCUT2D eigenvalue weighted by Gasteiger charge is -2.10. The summed E-state index contributed by atoms with van der Waals surface area (Å²) in [5.74, 6) is -2.34. The maximum atomic E-state index is 13.3. The molecule has 1 aliphatic rings. The van der Waals surface area contributed by atoms with Crippen LogP contribution in [0.25, 0.3) is 0 Å². The van der Waals surface area contributed by atoms with Gasteiger partial charge in [-0.3, -0.25) is 9.59 Å². The molecule has 0 aromatic heterocycles. The molecule has 0 bridgehead atoms. The van der Waals surface area contributed by atoms with E-state index in [0.29, 0.717) is 22.9 Å². The highest BCUT2D eigenvalue weighted by Gasteiger charge is 2.21. The molecule has 3 aromatic carbocycles. The zero-order chi connectivity index (χ0) is 19.0. The van der Waals surface area contributed by atoms with Crippen LogP contribution in [0.1, 0.15) is 20.7 Å². The molecule has 0 fully saturated rings. The molecule has 0 radical (unpaired) electrons. The largest absolute Gasteiger partial charge is 0.454 e. The number of halogens is 2. The number of hydrogen-bond acceptors (Lipinski definition) is 3. The third-order valence-electron chi connectivity index (χ3n) is 4.02. The van der Waals surface area contributed by atoms with Gasteiger partial charge in [0.2, 0.25) is 0 Å². The highest BCUT2D eigenvalue weighted by Crippen LogP contribution is 2.36. The van der Waals surface area contributed by atoms with Crippen LogP contribution in [0, 0.1) is 11.6 Å². The Bertz CT molecular complexity index is 1080.